The number of allylic oxidation sites excluding steroid dienone is 1. The van der Waals surface area contributed by atoms with Crippen molar-refractivity contribution in [3.8, 4) is 0 Å². The first-order valence-corrected chi connectivity index (χ1v) is 11.2. The number of rotatable bonds is 9. The Kier molecular flexibility index (Phi) is 6.82. The van der Waals surface area contributed by atoms with Crippen LogP contribution in [-0.2, 0) is 5.41 Å². The second-order valence-electron chi connectivity index (χ2n) is 8.50. The number of nitro benzene ring substituents is 1. The Labute approximate surface area is 173 Å². The molecule has 0 fully saturated rings. The summed E-state index contributed by atoms with van der Waals surface area (Å²) in [5.74, 6) is 1.40. The molecule has 0 spiro atoms. The van der Waals surface area contributed by atoms with E-state index >= 15 is 0 Å². The van der Waals surface area contributed by atoms with Gasteiger partial charge in [0.1, 0.15) is 0 Å². The molecule has 4 atom stereocenters. The second-order valence-corrected chi connectivity index (χ2v) is 8.88. The fourth-order valence-electron chi connectivity index (χ4n) is 5.83. The van der Waals surface area contributed by atoms with Crippen molar-refractivity contribution in [1.82, 2.24) is 0 Å². The molecule has 0 aromatic heterocycles. The van der Waals surface area contributed by atoms with Gasteiger partial charge >= 0.3 is 0 Å². The van der Waals surface area contributed by atoms with Crippen LogP contribution in [0.2, 0.25) is 0 Å². The minimum Gasteiger partial charge on any atom is -0.393 e. The van der Waals surface area contributed by atoms with Gasteiger partial charge in [0.25, 0.3) is 5.69 Å². The predicted octanol–water partition coefficient (Wildman–Crippen LogP) is 6.10. The quantitative estimate of drug-likeness (QED) is 0.233. The highest BCUT2D eigenvalue weighted by atomic mass is 35.5. The van der Waals surface area contributed by atoms with Gasteiger partial charge in [-0.05, 0) is 54.6 Å². The van der Waals surface area contributed by atoms with E-state index in [9.17, 15) is 15.2 Å². The predicted molar refractivity (Wildman–Crippen MR) is 114 cm³/mol. The number of halogens is 1. The van der Waals surface area contributed by atoms with Crippen molar-refractivity contribution in [1.29, 1.82) is 0 Å². The molecule has 0 saturated carbocycles. The molecule has 1 N–H and O–H groups in total. The summed E-state index contributed by atoms with van der Waals surface area (Å²) in [5.41, 5.74) is 2.59. The summed E-state index contributed by atoms with van der Waals surface area (Å²) in [4.78, 5) is 11.2. The normalized spacial score (nSPS) is 25.9. The van der Waals surface area contributed by atoms with Crippen LogP contribution in [0.3, 0.4) is 0 Å². The van der Waals surface area contributed by atoms with Gasteiger partial charge in [0.2, 0.25) is 0 Å². The molecule has 2 unspecified atom stereocenters. The van der Waals surface area contributed by atoms with E-state index in [-0.39, 0.29) is 28.0 Å². The van der Waals surface area contributed by atoms with Crippen molar-refractivity contribution in [3.63, 3.8) is 0 Å². The minimum atomic E-state index is -0.366. The zero-order valence-corrected chi connectivity index (χ0v) is 17.7. The fraction of sp³-hybridized carbons (Fsp3) is 0.652. The van der Waals surface area contributed by atoms with Crippen LogP contribution in [-0.4, -0.2) is 22.0 Å². The number of nitro groups is 1. The van der Waals surface area contributed by atoms with Crippen molar-refractivity contribution in [2.75, 3.05) is 5.88 Å². The van der Waals surface area contributed by atoms with E-state index in [4.69, 9.17) is 11.6 Å². The topological polar surface area (TPSA) is 63.4 Å². The van der Waals surface area contributed by atoms with E-state index in [0.29, 0.717) is 17.7 Å². The number of non-ortho nitro benzene ring substituents is 1. The highest BCUT2D eigenvalue weighted by Gasteiger charge is 2.52. The van der Waals surface area contributed by atoms with Gasteiger partial charge in [-0.1, -0.05) is 44.9 Å². The molecule has 2 aliphatic carbocycles. The number of hydrogen-bond donors (Lipinski definition) is 1. The first-order chi connectivity index (χ1) is 13.5. The molecule has 1 aromatic rings. The van der Waals surface area contributed by atoms with Gasteiger partial charge in [-0.2, -0.15) is 0 Å². The summed E-state index contributed by atoms with van der Waals surface area (Å²) < 4.78 is 0. The molecule has 0 aliphatic heterocycles. The average molecular weight is 406 g/mol. The standard InChI is InChI=1S/C23H32ClNO3/c1-3-11-23(12-4-2)20-14-16(22(26)6-5-13-24)7-9-18(20)19-10-8-17(25(27)28)15-21(19)23/h7-10,15-16,18,20,22,26H,3-6,11-14H2,1-2H3/t16?,18-,20?,22+/m1/s1. The molecule has 0 bridgehead atoms. The van der Waals surface area contributed by atoms with E-state index in [1.54, 1.807) is 6.07 Å². The Balaban J connectivity index is 2.02. The molecule has 5 heteroatoms. The lowest BCUT2D eigenvalue weighted by molar-refractivity contribution is -0.385. The largest absolute Gasteiger partial charge is 0.393 e. The average Bonchev–Trinajstić information content (AvgIpc) is 2.95. The van der Waals surface area contributed by atoms with E-state index in [0.717, 1.165) is 44.9 Å². The number of alkyl halides is 1. The number of aliphatic hydroxyl groups excluding tert-OH is 1. The van der Waals surface area contributed by atoms with Crippen LogP contribution in [0.5, 0.6) is 0 Å². The number of fused-ring (bicyclic) bond motifs is 3. The van der Waals surface area contributed by atoms with Gasteiger partial charge in [-0.15, -0.1) is 11.6 Å². The third-order valence-electron chi connectivity index (χ3n) is 6.90. The minimum absolute atomic E-state index is 0.0370. The Morgan fingerprint density at radius 1 is 1.29 bits per heavy atom. The van der Waals surface area contributed by atoms with E-state index < -0.39 is 0 Å². The molecule has 4 nitrogen and oxygen atoms in total. The summed E-state index contributed by atoms with van der Waals surface area (Å²) in [6.45, 7) is 4.40. The van der Waals surface area contributed by atoms with Crippen molar-refractivity contribution in [3.05, 3.63) is 51.6 Å². The summed E-state index contributed by atoms with van der Waals surface area (Å²) in [6.07, 6.45) is 10.7. The van der Waals surface area contributed by atoms with E-state index in [1.165, 1.54) is 11.1 Å². The maximum Gasteiger partial charge on any atom is 0.269 e. The smallest absolute Gasteiger partial charge is 0.269 e. The Morgan fingerprint density at radius 2 is 2.00 bits per heavy atom. The third kappa shape index (κ3) is 3.73. The second kappa shape index (κ2) is 8.96. The maximum absolute atomic E-state index is 11.4. The SMILES string of the molecule is CCCC1(CCC)c2cc([N+](=O)[O-])ccc2[C@H]2C=CC([C@@H](O)CCCCl)CC21. The monoisotopic (exact) mass is 405 g/mol. The molecule has 1 aromatic carbocycles. The molecular formula is C23H32ClNO3. The zero-order chi connectivity index (χ0) is 20.3. The van der Waals surface area contributed by atoms with Crippen molar-refractivity contribution >= 4 is 17.3 Å². The Bertz CT molecular complexity index is 727. The van der Waals surface area contributed by atoms with Crippen molar-refractivity contribution in [2.45, 2.75) is 76.2 Å². The molecule has 0 amide bonds. The van der Waals surface area contributed by atoms with Crippen LogP contribution >= 0.6 is 11.6 Å². The number of benzene rings is 1. The van der Waals surface area contributed by atoms with Crippen LogP contribution in [0.1, 0.15) is 75.8 Å². The van der Waals surface area contributed by atoms with Crippen LogP contribution < -0.4 is 0 Å². The first-order valence-electron chi connectivity index (χ1n) is 10.7. The lowest BCUT2D eigenvalue weighted by Crippen LogP contribution is -2.37. The van der Waals surface area contributed by atoms with Gasteiger partial charge in [0, 0.05) is 29.8 Å². The van der Waals surface area contributed by atoms with E-state index in [2.05, 4.69) is 26.0 Å². The zero-order valence-electron chi connectivity index (χ0n) is 16.9. The molecule has 3 rings (SSSR count). The summed E-state index contributed by atoms with van der Waals surface area (Å²) >= 11 is 5.82. The molecule has 0 heterocycles. The molecule has 154 valence electrons. The summed E-state index contributed by atoms with van der Waals surface area (Å²) in [7, 11) is 0. The molecule has 0 saturated heterocycles. The lowest BCUT2D eigenvalue weighted by Gasteiger charge is -2.42. The number of aliphatic hydroxyl groups is 1. The van der Waals surface area contributed by atoms with E-state index in [1.807, 2.05) is 12.1 Å². The molecule has 2 aliphatic rings. The van der Waals surface area contributed by atoms with Gasteiger partial charge in [0.05, 0.1) is 11.0 Å². The summed E-state index contributed by atoms with van der Waals surface area (Å²) in [5, 5.41) is 22.1. The van der Waals surface area contributed by atoms with Crippen molar-refractivity contribution in [2.24, 2.45) is 11.8 Å². The summed E-state index contributed by atoms with van der Waals surface area (Å²) in [6, 6.07) is 5.47. The van der Waals surface area contributed by atoms with Crippen LogP contribution in [0.4, 0.5) is 5.69 Å². The lowest BCUT2D eigenvalue weighted by atomic mass is 9.62. The van der Waals surface area contributed by atoms with Crippen LogP contribution in [0, 0.1) is 22.0 Å². The van der Waals surface area contributed by atoms with Gasteiger partial charge < -0.3 is 5.11 Å². The molecule has 0 radical (unpaired) electrons. The number of nitrogens with zero attached hydrogens (tertiary/aromatic N) is 1. The highest BCUT2D eigenvalue weighted by Crippen LogP contribution is 2.60. The fourth-order valence-corrected chi connectivity index (χ4v) is 5.98. The number of hydrogen-bond acceptors (Lipinski definition) is 3. The van der Waals surface area contributed by atoms with Gasteiger partial charge in [0.15, 0.2) is 0 Å². The molecular weight excluding hydrogens is 374 g/mol. The third-order valence-corrected chi connectivity index (χ3v) is 7.17. The highest BCUT2D eigenvalue weighted by molar-refractivity contribution is 6.17. The van der Waals surface area contributed by atoms with Crippen LogP contribution in [0.25, 0.3) is 0 Å². The maximum atomic E-state index is 11.4. The Morgan fingerprint density at radius 3 is 2.61 bits per heavy atom. The molecule has 28 heavy (non-hydrogen) atoms. The van der Waals surface area contributed by atoms with Crippen molar-refractivity contribution < 1.29 is 10.0 Å². The first kappa shape index (κ1) is 21.3. The van der Waals surface area contributed by atoms with Crippen LogP contribution in [0.15, 0.2) is 30.4 Å². The Hall–Kier alpha value is -1.39. The van der Waals surface area contributed by atoms with Gasteiger partial charge in [-0.25, -0.2) is 0 Å². The van der Waals surface area contributed by atoms with Gasteiger partial charge in [-0.3, -0.25) is 10.1 Å².